The van der Waals surface area contributed by atoms with Crippen LogP contribution in [0.5, 0.6) is 5.75 Å². The minimum Gasteiger partial charge on any atom is -0.490 e. The molecular formula is C14H15BrN2O3. The molecule has 106 valence electrons. The van der Waals surface area contributed by atoms with Crippen LogP contribution in [-0.2, 0) is 4.79 Å². The van der Waals surface area contributed by atoms with E-state index in [1.165, 1.54) is 0 Å². The van der Waals surface area contributed by atoms with Gasteiger partial charge in [0.25, 0.3) is 5.91 Å². The van der Waals surface area contributed by atoms with Gasteiger partial charge in [-0.15, -0.1) is 0 Å². The number of benzene rings is 1. The van der Waals surface area contributed by atoms with Crippen molar-refractivity contribution in [2.24, 2.45) is 0 Å². The summed E-state index contributed by atoms with van der Waals surface area (Å²) in [6.07, 6.45) is 2.66. The lowest BCUT2D eigenvalue weighted by Gasteiger charge is -2.14. The molecule has 0 aliphatic carbocycles. The molecule has 20 heavy (non-hydrogen) atoms. The number of hydrogen-bond acceptors (Lipinski definition) is 3. The van der Waals surface area contributed by atoms with E-state index in [9.17, 15) is 9.59 Å². The van der Waals surface area contributed by atoms with E-state index in [2.05, 4.69) is 33.5 Å². The molecule has 2 rings (SSSR count). The second-order valence-electron chi connectivity index (χ2n) is 4.49. The highest BCUT2D eigenvalue weighted by molar-refractivity contribution is 9.10. The fourth-order valence-electron chi connectivity index (χ4n) is 1.65. The van der Waals surface area contributed by atoms with Crippen LogP contribution in [0.2, 0.25) is 0 Å². The Labute approximate surface area is 125 Å². The summed E-state index contributed by atoms with van der Waals surface area (Å²) in [6, 6.07) is 4.99. The second-order valence-corrected chi connectivity index (χ2v) is 5.35. The Morgan fingerprint density at radius 3 is 2.65 bits per heavy atom. The minimum absolute atomic E-state index is 0.135. The molecule has 1 fully saturated rings. The van der Waals surface area contributed by atoms with Gasteiger partial charge in [-0.3, -0.25) is 10.1 Å². The maximum atomic E-state index is 11.4. The van der Waals surface area contributed by atoms with Crippen LogP contribution in [0, 0.1) is 0 Å². The van der Waals surface area contributed by atoms with Crippen molar-refractivity contribution in [3.05, 3.63) is 33.9 Å². The molecule has 3 amide bonds. The van der Waals surface area contributed by atoms with Crippen LogP contribution in [0.3, 0.4) is 0 Å². The predicted molar refractivity (Wildman–Crippen MR) is 79.2 cm³/mol. The number of carbonyl (C=O) groups excluding carboxylic acids is 2. The minimum atomic E-state index is -0.503. The molecule has 0 saturated carbocycles. The highest BCUT2D eigenvalue weighted by Crippen LogP contribution is 2.28. The molecule has 1 heterocycles. The average molecular weight is 339 g/mol. The molecule has 1 saturated heterocycles. The summed E-state index contributed by atoms with van der Waals surface area (Å²) in [5, 5.41) is 4.60. The van der Waals surface area contributed by atoms with Gasteiger partial charge in [-0.2, -0.15) is 0 Å². The Bertz CT molecular complexity index is 584. The number of urea groups is 1. The number of halogens is 1. The van der Waals surface area contributed by atoms with Gasteiger partial charge in [0.1, 0.15) is 11.4 Å². The number of imide groups is 1. The Morgan fingerprint density at radius 2 is 2.10 bits per heavy atom. The van der Waals surface area contributed by atoms with Gasteiger partial charge in [0, 0.05) is 0 Å². The lowest BCUT2D eigenvalue weighted by atomic mass is 10.2. The molecule has 1 aromatic carbocycles. The van der Waals surface area contributed by atoms with Gasteiger partial charge >= 0.3 is 6.03 Å². The number of carbonyl (C=O) groups is 2. The van der Waals surface area contributed by atoms with Crippen LogP contribution in [0.1, 0.15) is 25.8 Å². The van der Waals surface area contributed by atoms with Crippen LogP contribution >= 0.6 is 15.9 Å². The zero-order valence-corrected chi connectivity index (χ0v) is 12.8. The van der Waals surface area contributed by atoms with E-state index >= 15 is 0 Å². The van der Waals surface area contributed by atoms with Crippen LogP contribution in [0.15, 0.2) is 28.4 Å². The molecule has 1 aliphatic rings. The average Bonchev–Trinajstić information content (AvgIpc) is 2.71. The monoisotopic (exact) mass is 338 g/mol. The van der Waals surface area contributed by atoms with Crippen LogP contribution in [0.25, 0.3) is 6.08 Å². The highest BCUT2D eigenvalue weighted by Gasteiger charge is 2.22. The third-order valence-electron chi connectivity index (χ3n) is 2.89. The molecule has 0 unspecified atom stereocenters. The Kier molecular flexibility index (Phi) is 4.44. The molecule has 5 nitrogen and oxygen atoms in total. The smallest absolute Gasteiger partial charge is 0.326 e. The second kappa shape index (κ2) is 6.09. The van der Waals surface area contributed by atoms with E-state index < -0.39 is 11.9 Å². The fourth-order valence-corrected chi connectivity index (χ4v) is 2.14. The summed E-state index contributed by atoms with van der Waals surface area (Å²) in [5.74, 6) is 0.326. The number of nitrogens with one attached hydrogen (secondary N) is 2. The van der Waals surface area contributed by atoms with E-state index in [-0.39, 0.29) is 11.8 Å². The first-order valence-electron chi connectivity index (χ1n) is 6.30. The van der Waals surface area contributed by atoms with Gasteiger partial charge in [-0.25, -0.2) is 4.79 Å². The Morgan fingerprint density at radius 1 is 1.35 bits per heavy atom. The number of hydrogen-bond donors (Lipinski definition) is 2. The van der Waals surface area contributed by atoms with E-state index in [0.717, 1.165) is 22.2 Å². The van der Waals surface area contributed by atoms with E-state index in [1.54, 1.807) is 6.08 Å². The SMILES string of the molecule is CC[C@@H](C)Oc1ccc(/C=C2/NC(=O)NC2=O)cc1Br. The summed E-state index contributed by atoms with van der Waals surface area (Å²) in [7, 11) is 0. The van der Waals surface area contributed by atoms with E-state index in [0.29, 0.717) is 0 Å². The molecule has 1 aromatic rings. The van der Waals surface area contributed by atoms with Crippen molar-refractivity contribution in [1.29, 1.82) is 0 Å². The number of ether oxygens (including phenoxy) is 1. The van der Waals surface area contributed by atoms with Crippen molar-refractivity contribution < 1.29 is 14.3 Å². The third kappa shape index (κ3) is 3.39. The molecule has 0 aromatic heterocycles. The van der Waals surface area contributed by atoms with Gasteiger partial charge in [-0.1, -0.05) is 13.0 Å². The number of amides is 3. The Balaban J connectivity index is 2.19. The molecule has 1 aliphatic heterocycles. The van der Waals surface area contributed by atoms with Gasteiger partial charge < -0.3 is 10.1 Å². The van der Waals surface area contributed by atoms with Crippen molar-refractivity contribution in [2.75, 3.05) is 0 Å². The van der Waals surface area contributed by atoms with Gasteiger partial charge in [-0.05, 0) is 53.0 Å². The first-order chi connectivity index (χ1) is 9.49. The van der Waals surface area contributed by atoms with Crippen molar-refractivity contribution in [2.45, 2.75) is 26.4 Å². The standard InChI is InChI=1S/C14H15BrN2O3/c1-3-8(2)20-12-5-4-9(6-10(12)15)7-11-13(18)17-14(19)16-11/h4-8H,3H2,1-2H3,(H2,16,17,18,19)/b11-7+/t8-/m1/s1. The molecule has 2 N–H and O–H groups in total. The normalized spacial score (nSPS) is 17.9. The highest BCUT2D eigenvalue weighted by atomic mass is 79.9. The zero-order valence-electron chi connectivity index (χ0n) is 11.2. The summed E-state index contributed by atoms with van der Waals surface area (Å²) < 4.78 is 6.54. The van der Waals surface area contributed by atoms with E-state index in [1.807, 2.05) is 25.1 Å². The molecule has 0 bridgehead atoms. The van der Waals surface area contributed by atoms with Gasteiger partial charge in [0.2, 0.25) is 0 Å². The van der Waals surface area contributed by atoms with Crippen LogP contribution < -0.4 is 15.4 Å². The largest absolute Gasteiger partial charge is 0.490 e. The maximum absolute atomic E-state index is 11.4. The van der Waals surface area contributed by atoms with Gasteiger partial charge in [0.15, 0.2) is 0 Å². The van der Waals surface area contributed by atoms with Crippen molar-refractivity contribution >= 4 is 33.9 Å². The molecular weight excluding hydrogens is 324 g/mol. The summed E-state index contributed by atoms with van der Waals surface area (Å²) in [4.78, 5) is 22.4. The van der Waals surface area contributed by atoms with Crippen LogP contribution in [-0.4, -0.2) is 18.0 Å². The fraction of sp³-hybridized carbons (Fsp3) is 0.286. The first-order valence-corrected chi connectivity index (χ1v) is 7.09. The predicted octanol–water partition coefficient (Wildman–Crippen LogP) is 2.81. The lowest BCUT2D eigenvalue weighted by Crippen LogP contribution is -2.22. The zero-order chi connectivity index (χ0) is 14.7. The van der Waals surface area contributed by atoms with Crippen molar-refractivity contribution in [3.63, 3.8) is 0 Å². The molecule has 1 atom stereocenters. The molecule has 0 radical (unpaired) electrons. The quantitative estimate of drug-likeness (QED) is 0.655. The van der Waals surface area contributed by atoms with Crippen LogP contribution in [0.4, 0.5) is 4.79 Å². The summed E-state index contributed by atoms with van der Waals surface area (Å²) >= 11 is 3.44. The van der Waals surface area contributed by atoms with Crippen molar-refractivity contribution in [3.8, 4) is 5.75 Å². The lowest BCUT2D eigenvalue weighted by molar-refractivity contribution is -0.115. The third-order valence-corrected chi connectivity index (χ3v) is 3.51. The molecule has 6 heteroatoms. The van der Waals surface area contributed by atoms with E-state index in [4.69, 9.17) is 4.74 Å². The Hall–Kier alpha value is -1.82. The molecule has 0 spiro atoms. The maximum Gasteiger partial charge on any atom is 0.326 e. The number of rotatable bonds is 4. The first kappa shape index (κ1) is 14.6. The summed E-state index contributed by atoms with van der Waals surface area (Å²) in [5.41, 5.74) is 1.03. The topological polar surface area (TPSA) is 67.4 Å². The van der Waals surface area contributed by atoms with Gasteiger partial charge in [0.05, 0.1) is 10.6 Å². The van der Waals surface area contributed by atoms with Crippen molar-refractivity contribution in [1.82, 2.24) is 10.6 Å². The summed E-state index contributed by atoms with van der Waals surface area (Å²) in [6.45, 7) is 4.06.